The summed E-state index contributed by atoms with van der Waals surface area (Å²) in [4.78, 5) is 3.76. The highest BCUT2D eigenvalue weighted by Gasteiger charge is 2.16. The van der Waals surface area contributed by atoms with E-state index in [4.69, 9.17) is 5.73 Å². The zero-order valence-corrected chi connectivity index (χ0v) is 9.39. The molecule has 0 saturated heterocycles. The van der Waals surface area contributed by atoms with Gasteiger partial charge >= 0.3 is 0 Å². The third-order valence-corrected chi connectivity index (χ3v) is 4.04. The number of anilines is 1. The monoisotopic (exact) mass is 264 g/mol. The molecule has 0 amide bonds. The van der Waals surface area contributed by atoms with Crippen molar-refractivity contribution in [3.63, 3.8) is 0 Å². The minimum absolute atomic E-state index is 0.0303. The number of aromatic nitrogens is 1. The zero-order valence-electron chi connectivity index (χ0n) is 6.99. The summed E-state index contributed by atoms with van der Waals surface area (Å²) in [5, 5.41) is 0.0456. The van der Waals surface area contributed by atoms with Crippen LogP contribution in [0.3, 0.4) is 0 Å². The maximum Gasteiger partial charge on any atom is 0.196 e. The summed E-state index contributed by atoms with van der Waals surface area (Å²) in [6.07, 6.45) is 1.33. The standard InChI is InChI=1S/C7H9BrN2O2S/c1-2-13(11,12)7-6(8)3-5(9)4-10-7/h3-4H,2,9H2,1H3. The first kappa shape index (κ1) is 10.5. The second-order valence-electron chi connectivity index (χ2n) is 2.46. The maximum atomic E-state index is 11.4. The largest absolute Gasteiger partial charge is 0.397 e. The lowest BCUT2D eigenvalue weighted by atomic mass is 10.4. The number of halogens is 1. The van der Waals surface area contributed by atoms with Crippen molar-refractivity contribution >= 4 is 31.5 Å². The molecule has 6 heteroatoms. The number of sulfone groups is 1. The van der Waals surface area contributed by atoms with Gasteiger partial charge in [-0.1, -0.05) is 6.92 Å². The highest BCUT2D eigenvalue weighted by atomic mass is 79.9. The van der Waals surface area contributed by atoms with Crippen molar-refractivity contribution in [2.45, 2.75) is 11.9 Å². The van der Waals surface area contributed by atoms with Gasteiger partial charge in [-0.2, -0.15) is 0 Å². The van der Waals surface area contributed by atoms with E-state index in [1.54, 1.807) is 6.92 Å². The highest BCUT2D eigenvalue weighted by Crippen LogP contribution is 2.22. The summed E-state index contributed by atoms with van der Waals surface area (Å²) in [5.74, 6) is 0.0303. The van der Waals surface area contributed by atoms with E-state index in [9.17, 15) is 8.42 Å². The number of hydrogen-bond acceptors (Lipinski definition) is 4. The Labute approximate surface area is 85.2 Å². The molecule has 13 heavy (non-hydrogen) atoms. The lowest BCUT2D eigenvalue weighted by Gasteiger charge is -2.03. The number of rotatable bonds is 2. The van der Waals surface area contributed by atoms with Crippen LogP contribution in [0.4, 0.5) is 5.69 Å². The van der Waals surface area contributed by atoms with E-state index in [1.807, 2.05) is 0 Å². The molecule has 0 aliphatic carbocycles. The molecule has 0 unspecified atom stereocenters. The van der Waals surface area contributed by atoms with Crippen LogP contribution >= 0.6 is 15.9 Å². The van der Waals surface area contributed by atoms with Crippen LogP contribution in [0.1, 0.15) is 6.92 Å². The van der Waals surface area contributed by atoms with Gasteiger partial charge in [-0.05, 0) is 22.0 Å². The van der Waals surface area contributed by atoms with E-state index >= 15 is 0 Å². The average molecular weight is 265 g/mol. The topological polar surface area (TPSA) is 73.0 Å². The minimum atomic E-state index is -3.26. The fraction of sp³-hybridized carbons (Fsp3) is 0.286. The Hall–Kier alpha value is -0.620. The fourth-order valence-corrected chi connectivity index (χ4v) is 2.76. The average Bonchev–Trinajstić information content (AvgIpc) is 2.03. The first-order valence-corrected chi connectivity index (χ1v) is 6.05. The summed E-state index contributed by atoms with van der Waals surface area (Å²) in [6.45, 7) is 1.57. The molecule has 0 radical (unpaired) electrons. The molecule has 2 N–H and O–H groups in total. The molecule has 0 bridgehead atoms. The van der Waals surface area contributed by atoms with Crippen molar-refractivity contribution in [3.8, 4) is 0 Å². The van der Waals surface area contributed by atoms with Crippen LogP contribution in [0.5, 0.6) is 0 Å². The van der Waals surface area contributed by atoms with Gasteiger partial charge in [0.15, 0.2) is 14.9 Å². The second kappa shape index (κ2) is 3.63. The van der Waals surface area contributed by atoms with Crippen molar-refractivity contribution in [2.75, 3.05) is 11.5 Å². The van der Waals surface area contributed by atoms with E-state index in [1.165, 1.54) is 12.3 Å². The SMILES string of the molecule is CCS(=O)(=O)c1ncc(N)cc1Br. The number of nitrogens with zero attached hydrogens (tertiary/aromatic N) is 1. The summed E-state index contributed by atoms with van der Waals surface area (Å²) in [7, 11) is -3.26. The number of hydrogen-bond donors (Lipinski definition) is 1. The van der Waals surface area contributed by atoms with Crippen molar-refractivity contribution in [2.24, 2.45) is 0 Å². The van der Waals surface area contributed by atoms with Crippen LogP contribution in [0.2, 0.25) is 0 Å². The number of nitrogens with two attached hydrogens (primary N) is 1. The van der Waals surface area contributed by atoms with Gasteiger partial charge in [0.25, 0.3) is 0 Å². The Balaban J connectivity index is 3.33. The van der Waals surface area contributed by atoms with Gasteiger partial charge in [0.05, 0.1) is 22.1 Å². The predicted octanol–water partition coefficient (Wildman–Crippen LogP) is 1.22. The molecular formula is C7H9BrN2O2S. The maximum absolute atomic E-state index is 11.4. The Morgan fingerprint density at radius 2 is 2.23 bits per heavy atom. The molecule has 1 rings (SSSR count). The lowest BCUT2D eigenvalue weighted by molar-refractivity contribution is 0.593. The summed E-state index contributed by atoms with van der Waals surface area (Å²) >= 11 is 3.10. The third-order valence-electron chi connectivity index (χ3n) is 1.50. The van der Waals surface area contributed by atoms with Crippen molar-refractivity contribution < 1.29 is 8.42 Å². The molecule has 0 spiro atoms. The summed E-state index contributed by atoms with van der Waals surface area (Å²) in [5.41, 5.74) is 5.86. The third kappa shape index (κ3) is 2.19. The van der Waals surface area contributed by atoms with E-state index in [2.05, 4.69) is 20.9 Å². The smallest absolute Gasteiger partial charge is 0.196 e. The van der Waals surface area contributed by atoms with Crippen LogP contribution in [0.15, 0.2) is 21.8 Å². The van der Waals surface area contributed by atoms with Crippen LogP contribution in [-0.4, -0.2) is 19.2 Å². The van der Waals surface area contributed by atoms with Crippen LogP contribution in [0, 0.1) is 0 Å². The van der Waals surface area contributed by atoms with Gasteiger partial charge < -0.3 is 5.73 Å². The Morgan fingerprint density at radius 1 is 1.62 bits per heavy atom. The first-order valence-electron chi connectivity index (χ1n) is 3.61. The van der Waals surface area contributed by atoms with Crippen LogP contribution in [0.25, 0.3) is 0 Å². The molecule has 1 aromatic heterocycles. The predicted molar refractivity (Wildman–Crippen MR) is 54.1 cm³/mol. The fourth-order valence-electron chi connectivity index (χ4n) is 0.806. The zero-order chi connectivity index (χ0) is 10.1. The molecule has 0 aliphatic rings. The lowest BCUT2D eigenvalue weighted by Crippen LogP contribution is -2.07. The molecule has 0 saturated carbocycles. The molecule has 0 atom stereocenters. The first-order chi connectivity index (χ1) is 5.97. The highest BCUT2D eigenvalue weighted by molar-refractivity contribution is 9.10. The van der Waals surface area contributed by atoms with Gasteiger partial charge in [0.1, 0.15) is 0 Å². The molecular weight excluding hydrogens is 256 g/mol. The summed E-state index contributed by atoms with van der Waals surface area (Å²) in [6, 6.07) is 1.52. The Bertz CT molecular complexity index is 417. The van der Waals surface area contributed by atoms with Gasteiger partial charge in [-0.25, -0.2) is 13.4 Å². The second-order valence-corrected chi connectivity index (χ2v) is 5.51. The molecule has 4 nitrogen and oxygen atoms in total. The van der Waals surface area contributed by atoms with Gasteiger partial charge in [-0.15, -0.1) is 0 Å². The van der Waals surface area contributed by atoms with Crippen molar-refractivity contribution in [1.82, 2.24) is 4.98 Å². The van der Waals surface area contributed by atoms with E-state index in [0.29, 0.717) is 10.2 Å². The molecule has 0 aromatic carbocycles. The van der Waals surface area contributed by atoms with Gasteiger partial charge in [0, 0.05) is 0 Å². The Kier molecular flexibility index (Phi) is 2.92. The number of pyridine rings is 1. The molecule has 1 heterocycles. The quantitative estimate of drug-likeness (QED) is 0.872. The molecule has 1 aromatic rings. The molecule has 0 aliphatic heterocycles. The molecule has 72 valence electrons. The van der Waals surface area contributed by atoms with Gasteiger partial charge in [0.2, 0.25) is 0 Å². The Morgan fingerprint density at radius 3 is 2.69 bits per heavy atom. The molecule has 0 fully saturated rings. The number of nitrogen functional groups attached to an aromatic ring is 1. The van der Waals surface area contributed by atoms with Crippen LogP contribution < -0.4 is 5.73 Å². The normalized spacial score (nSPS) is 11.5. The van der Waals surface area contributed by atoms with E-state index < -0.39 is 9.84 Å². The van der Waals surface area contributed by atoms with Crippen molar-refractivity contribution in [1.29, 1.82) is 0 Å². The van der Waals surface area contributed by atoms with Crippen molar-refractivity contribution in [3.05, 3.63) is 16.7 Å². The van der Waals surface area contributed by atoms with E-state index in [-0.39, 0.29) is 10.8 Å². The van der Waals surface area contributed by atoms with E-state index in [0.717, 1.165) is 0 Å². The minimum Gasteiger partial charge on any atom is -0.397 e. The van der Waals surface area contributed by atoms with Crippen LogP contribution in [-0.2, 0) is 9.84 Å². The summed E-state index contributed by atoms with van der Waals surface area (Å²) < 4.78 is 23.2. The van der Waals surface area contributed by atoms with Gasteiger partial charge in [-0.3, -0.25) is 0 Å².